The molecule has 1 aliphatic rings. The molecule has 4 rings (SSSR count). The van der Waals surface area contributed by atoms with Crippen LogP contribution in [0.5, 0.6) is 17.2 Å². The van der Waals surface area contributed by atoms with Crippen LogP contribution in [0.1, 0.15) is 15.9 Å². The molecule has 29 heavy (non-hydrogen) atoms. The third-order valence-electron chi connectivity index (χ3n) is 4.29. The van der Waals surface area contributed by atoms with Crippen LogP contribution in [0.25, 0.3) is 0 Å². The van der Waals surface area contributed by atoms with E-state index in [4.69, 9.17) is 14.2 Å². The number of nitrogens with zero attached hydrogens (tertiary/aromatic N) is 1. The van der Waals surface area contributed by atoms with Crippen molar-refractivity contribution in [3.8, 4) is 17.2 Å². The molecule has 146 valence electrons. The Labute approximate surface area is 165 Å². The van der Waals surface area contributed by atoms with Crippen LogP contribution in [0.15, 0.2) is 66.7 Å². The van der Waals surface area contributed by atoms with Crippen molar-refractivity contribution in [2.45, 2.75) is 6.61 Å². The zero-order valence-electron chi connectivity index (χ0n) is 15.2. The normalized spacial score (nSPS) is 11.7. The van der Waals surface area contributed by atoms with Gasteiger partial charge in [0.05, 0.1) is 4.92 Å². The Balaban J connectivity index is 1.50. The second-order valence-electron chi connectivity index (χ2n) is 6.24. The summed E-state index contributed by atoms with van der Waals surface area (Å²) in [6.45, 7) is 0.313. The molecule has 8 heteroatoms. The number of carbonyl (C=O) groups excluding carboxylic acids is 1. The first kappa shape index (κ1) is 18.3. The summed E-state index contributed by atoms with van der Waals surface area (Å²) in [6.07, 6.45) is 0. The largest absolute Gasteiger partial charge is 0.482 e. The number of nitro benzene ring substituents is 1. The van der Waals surface area contributed by atoms with Crippen LogP contribution in [0, 0.1) is 10.1 Å². The van der Waals surface area contributed by atoms with E-state index in [1.54, 1.807) is 18.2 Å². The molecule has 3 aromatic carbocycles. The highest BCUT2D eigenvalue weighted by molar-refractivity contribution is 6.05. The number of nitro groups is 1. The zero-order chi connectivity index (χ0) is 20.2. The molecular weight excluding hydrogens is 376 g/mol. The highest BCUT2D eigenvalue weighted by Gasteiger charge is 2.20. The highest BCUT2D eigenvalue weighted by atomic mass is 16.7. The maximum Gasteiger partial charge on any atom is 0.311 e. The average molecular weight is 392 g/mol. The molecule has 1 N–H and O–H groups in total. The molecule has 0 aliphatic carbocycles. The number of benzene rings is 3. The summed E-state index contributed by atoms with van der Waals surface area (Å²) in [7, 11) is 0. The minimum Gasteiger partial charge on any atom is -0.482 e. The second-order valence-corrected chi connectivity index (χ2v) is 6.24. The molecule has 0 fully saturated rings. The van der Waals surface area contributed by atoms with Gasteiger partial charge in [-0.15, -0.1) is 0 Å². The Kier molecular flexibility index (Phi) is 4.98. The fourth-order valence-corrected chi connectivity index (χ4v) is 2.84. The van der Waals surface area contributed by atoms with Crippen LogP contribution in [0.4, 0.5) is 11.4 Å². The maximum absolute atomic E-state index is 12.5. The number of hydrogen-bond donors (Lipinski definition) is 1. The molecule has 1 aliphatic heterocycles. The van der Waals surface area contributed by atoms with Crippen LogP contribution in [0.3, 0.4) is 0 Å². The molecule has 0 atom stereocenters. The Morgan fingerprint density at radius 3 is 2.62 bits per heavy atom. The number of amides is 1. The van der Waals surface area contributed by atoms with Crippen molar-refractivity contribution in [1.29, 1.82) is 0 Å². The Morgan fingerprint density at radius 2 is 1.83 bits per heavy atom. The van der Waals surface area contributed by atoms with E-state index in [0.717, 1.165) is 5.56 Å². The van der Waals surface area contributed by atoms with E-state index >= 15 is 0 Å². The monoisotopic (exact) mass is 392 g/mol. The first-order valence-electron chi connectivity index (χ1n) is 8.76. The molecule has 1 amide bonds. The van der Waals surface area contributed by atoms with Gasteiger partial charge < -0.3 is 19.5 Å². The zero-order valence-corrected chi connectivity index (χ0v) is 15.2. The lowest BCUT2D eigenvalue weighted by Gasteiger charge is -2.09. The average Bonchev–Trinajstić information content (AvgIpc) is 3.20. The third kappa shape index (κ3) is 4.11. The summed E-state index contributed by atoms with van der Waals surface area (Å²) in [5, 5.41) is 14.2. The summed E-state index contributed by atoms with van der Waals surface area (Å²) in [4.78, 5) is 23.4. The number of fused-ring (bicyclic) bond motifs is 1. The van der Waals surface area contributed by atoms with E-state index in [0.29, 0.717) is 17.2 Å². The topological polar surface area (TPSA) is 99.9 Å². The number of nitrogens with one attached hydrogen (secondary N) is 1. The first-order chi connectivity index (χ1) is 14.1. The van der Waals surface area contributed by atoms with Crippen LogP contribution in [-0.4, -0.2) is 17.6 Å². The summed E-state index contributed by atoms with van der Waals surface area (Å²) in [5.74, 6) is 0.733. The quantitative estimate of drug-likeness (QED) is 0.500. The van der Waals surface area contributed by atoms with Crippen LogP contribution in [-0.2, 0) is 6.61 Å². The van der Waals surface area contributed by atoms with Gasteiger partial charge >= 0.3 is 5.69 Å². The molecule has 0 aromatic heterocycles. The van der Waals surface area contributed by atoms with E-state index in [1.807, 2.05) is 30.3 Å². The SMILES string of the molecule is O=C(Nc1ccc2c(c1)OCO2)c1ccc(OCc2ccccc2)c([N+](=O)[O-])c1. The standard InChI is InChI=1S/C21H16N2O6/c24-21(22-16-7-9-19-20(11-16)29-13-28-19)15-6-8-18(17(10-15)23(25)26)27-12-14-4-2-1-3-5-14/h1-11H,12-13H2,(H,22,24). The minimum atomic E-state index is -0.572. The Morgan fingerprint density at radius 1 is 1.03 bits per heavy atom. The van der Waals surface area contributed by atoms with Crippen molar-refractivity contribution < 1.29 is 23.9 Å². The number of ether oxygens (including phenoxy) is 3. The van der Waals surface area contributed by atoms with E-state index in [1.165, 1.54) is 18.2 Å². The van der Waals surface area contributed by atoms with Gasteiger partial charge in [-0.05, 0) is 29.8 Å². The molecule has 3 aromatic rings. The van der Waals surface area contributed by atoms with Crippen LogP contribution in [0.2, 0.25) is 0 Å². The van der Waals surface area contributed by atoms with Gasteiger partial charge in [0.25, 0.3) is 5.91 Å². The van der Waals surface area contributed by atoms with Crippen molar-refractivity contribution in [1.82, 2.24) is 0 Å². The van der Waals surface area contributed by atoms with E-state index < -0.39 is 10.8 Å². The van der Waals surface area contributed by atoms with E-state index in [2.05, 4.69) is 5.32 Å². The van der Waals surface area contributed by atoms with Crippen molar-refractivity contribution in [2.24, 2.45) is 0 Å². The molecule has 0 bridgehead atoms. The Bertz CT molecular complexity index is 1070. The van der Waals surface area contributed by atoms with Crippen molar-refractivity contribution in [3.05, 3.63) is 88.0 Å². The Hall–Kier alpha value is -4.07. The summed E-state index contributed by atoms with van der Waals surface area (Å²) >= 11 is 0. The molecule has 0 saturated heterocycles. The second kappa shape index (κ2) is 7.89. The fraction of sp³-hybridized carbons (Fsp3) is 0.0952. The van der Waals surface area contributed by atoms with Crippen molar-refractivity contribution >= 4 is 17.3 Å². The van der Waals surface area contributed by atoms with Crippen molar-refractivity contribution in [3.63, 3.8) is 0 Å². The maximum atomic E-state index is 12.5. The van der Waals surface area contributed by atoms with Gasteiger partial charge in [-0.2, -0.15) is 0 Å². The lowest BCUT2D eigenvalue weighted by atomic mass is 10.1. The molecule has 0 radical (unpaired) electrons. The molecule has 0 spiro atoms. The van der Waals surface area contributed by atoms with Gasteiger partial charge in [-0.3, -0.25) is 14.9 Å². The molecule has 0 saturated carbocycles. The summed E-state index contributed by atoms with van der Waals surface area (Å²) in [5.41, 5.74) is 1.23. The van der Waals surface area contributed by atoms with E-state index in [9.17, 15) is 14.9 Å². The van der Waals surface area contributed by atoms with Gasteiger partial charge in [0.2, 0.25) is 6.79 Å². The predicted molar refractivity (Wildman–Crippen MR) is 104 cm³/mol. The van der Waals surface area contributed by atoms with E-state index in [-0.39, 0.29) is 30.4 Å². The molecular formula is C21H16N2O6. The molecule has 1 heterocycles. The van der Waals surface area contributed by atoms with Gasteiger partial charge in [-0.25, -0.2) is 0 Å². The minimum absolute atomic E-state index is 0.0958. The summed E-state index contributed by atoms with van der Waals surface area (Å²) < 4.78 is 16.1. The number of rotatable bonds is 6. The van der Waals surface area contributed by atoms with Gasteiger partial charge in [-0.1, -0.05) is 30.3 Å². The highest BCUT2D eigenvalue weighted by Crippen LogP contribution is 2.34. The molecule has 8 nitrogen and oxygen atoms in total. The van der Waals surface area contributed by atoms with Crippen LogP contribution < -0.4 is 19.5 Å². The first-order valence-corrected chi connectivity index (χ1v) is 8.76. The number of hydrogen-bond acceptors (Lipinski definition) is 6. The lowest BCUT2D eigenvalue weighted by molar-refractivity contribution is -0.386. The van der Waals surface area contributed by atoms with Gasteiger partial charge in [0, 0.05) is 23.4 Å². The van der Waals surface area contributed by atoms with Crippen molar-refractivity contribution in [2.75, 3.05) is 12.1 Å². The molecule has 0 unspecified atom stereocenters. The lowest BCUT2D eigenvalue weighted by Crippen LogP contribution is -2.12. The van der Waals surface area contributed by atoms with Gasteiger partial charge in [0.1, 0.15) is 6.61 Å². The number of carbonyl (C=O) groups is 1. The smallest absolute Gasteiger partial charge is 0.311 e. The predicted octanol–water partition coefficient (Wildman–Crippen LogP) is 4.15. The third-order valence-corrected chi connectivity index (χ3v) is 4.29. The van der Waals surface area contributed by atoms with Gasteiger partial charge in [0.15, 0.2) is 17.2 Å². The van der Waals surface area contributed by atoms with Crippen LogP contribution >= 0.6 is 0 Å². The summed E-state index contributed by atoms with van der Waals surface area (Å²) in [6, 6.07) is 18.4. The number of anilines is 1. The fourth-order valence-electron chi connectivity index (χ4n) is 2.84.